The van der Waals surface area contributed by atoms with Gasteiger partial charge in [0.25, 0.3) is 0 Å². The molecule has 0 aliphatic rings. The number of carboxylic acid groups (broad SMARTS) is 1. The number of hydrogen-bond donors (Lipinski definition) is 3. The van der Waals surface area contributed by atoms with Gasteiger partial charge in [0.2, 0.25) is 5.91 Å². The first-order valence-corrected chi connectivity index (χ1v) is 5.08. The van der Waals surface area contributed by atoms with Crippen LogP contribution in [0.1, 0.15) is 17.3 Å². The standard InChI is InChI=1S/C11H13FN2O3/c1-2-13-6-10(15)14-7-3-4-8(11(16)17)9(12)5-7/h3-5,13H,2,6H2,1H3,(H,14,15)(H,16,17). The highest BCUT2D eigenvalue weighted by Crippen LogP contribution is 2.14. The molecule has 0 bridgehead atoms. The quantitative estimate of drug-likeness (QED) is 0.719. The van der Waals surface area contributed by atoms with Gasteiger partial charge in [-0.05, 0) is 24.7 Å². The molecule has 6 heteroatoms. The Bertz CT molecular complexity index is 435. The zero-order valence-corrected chi connectivity index (χ0v) is 9.29. The minimum absolute atomic E-state index is 0.124. The summed E-state index contributed by atoms with van der Waals surface area (Å²) in [5.41, 5.74) is -0.190. The van der Waals surface area contributed by atoms with Gasteiger partial charge in [0.15, 0.2) is 0 Å². The maximum Gasteiger partial charge on any atom is 0.338 e. The smallest absolute Gasteiger partial charge is 0.338 e. The molecule has 5 nitrogen and oxygen atoms in total. The summed E-state index contributed by atoms with van der Waals surface area (Å²) in [6, 6.07) is 3.43. The van der Waals surface area contributed by atoms with Crippen molar-refractivity contribution in [1.82, 2.24) is 5.32 Å². The van der Waals surface area contributed by atoms with Gasteiger partial charge in [-0.25, -0.2) is 9.18 Å². The zero-order valence-electron chi connectivity index (χ0n) is 9.29. The molecule has 17 heavy (non-hydrogen) atoms. The number of carbonyl (C=O) groups is 2. The van der Waals surface area contributed by atoms with Crippen molar-refractivity contribution in [3.8, 4) is 0 Å². The number of halogens is 1. The van der Waals surface area contributed by atoms with Crippen LogP contribution in [0.15, 0.2) is 18.2 Å². The van der Waals surface area contributed by atoms with Crippen LogP contribution in [-0.2, 0) is 4.79 Å². The molecule has 0 aliphatic heterocycles. The predicted molar refractivity (Wildman–Crippen MR) is 60.5 cm³/mol. The Morgan fingerprint density at radius 2 is 2.12 bits per heavy atom. The van der Waals surface area contributed by atoms with Crippen molar-refractivity contribution in [3.63, 3.8) is 0 Å². The zero-order chi connectivity index (χ0) is 12.8. The molecule has 0 saturated heterocycles. The lowest BCUT2D eigenvalue weighted by Gasteiger charge is -2.06. The third-order valence-electron chi connectivity index (χ3n) is 2.02. The molecule has 1 rings (SSSR count). The normalized spacial score (nSPS) is 10.0. The average Bonchev–Trinajstić information content (AvgIpc) is 2.26. The molecule has 1 aromatic carbocycles. The van der Waals surface area contributed by atoms with E-state index in [0.717, 1.165) is 12.1 Å². The van der Waals surface area contributed by atoms with E-state index in [4.69, 9.17) is 5.11 Å². The molecule has 0 aromatic heterocycles. The third kappa shape index (κ3) is 3.84. The van der Waals surface area contributed by atoms with Gasteiger partial charge < -0.3 is 15.7 Å². The molecular formula is C11H13FN2O3. The minimum atomic E-state index is -1.34. The highest BCUT2D eigenvalue weighted by Gasteiger charge is 2.11. The third-order valence-corrected chi connectivity index (χ3v) is 2.02. The molecule has 0 heterocycles. The monoisotopic (exact) mass is 240 g/mol. The molecule has 0 saturated carbocycles. The summed E-state index contributed by atoms with van der Waals surface area (Å²) in [5.74, 6) is -2.53. The molecule has 0 fully saturated rings. The van der Waals surface area contributed by atoms with E-state index in [0.29, 0.717) is 6.54 Å². The van der Waals surface area contributed by atoms with Crippen molar-refractivity contribution in [2.24, 2.45) is 0 Å². The van der Waals surface area contributed by atoms with Gasteiger partial charge in [0, 0.05) is 5.69 Å². The highest BCUT2D eigenvalue weighted by atomic mass is 19.1. The average molecular weight is 240 g/mol. The van der Waals surface area contributed by atoms with E-state index in [1.807, 2.05) is 6.92 Å². The predicted octanol–water partition coefficient (Wildman–Crippen LogP) is 1.07. The molecule has 0 aliphatic carbocycles. The topological polar surface area (TPSA) is 78.4 Å². The number of nitrogens with one attached hydrogen (secondary N) is 2. The fraction of sp³-hybridized carbons (Fsp3) is 0.273. The molecule has 1 amide bonds. The van der Waals surface area contributed by atoms with E-state index in [2.05, 4.69) is 10.6 Å². The second-order valence-electron chi connectivity index (χ2n) is 3.33. The molecule has 0 radical (unpaired) electrons. The minimum Gasteiger partial charge on any atom is -0.478 e. The van der Waals surface area contributed by atoms with E-state index in [1.165, 1.54) is 6.07 Å². The van der Waals surface area contributed by atoms with Crippen LogP contribution in [0, 0.1) is 5.82 Å². The van der Waals surface area contributed by atoms with E-state index in [9.17, 15) is 14.0 Å². The van der Waals surface area contributed by atoms with Crippen molar-refractivity contribution < 1.29 is 19.1 Å². The van der Waals surface area contributed by atoms with E-state index in [1.54, 1.807) is 0 Å². The number of amides is 1. The lowest BCUT2D eigenvalue weighted by molar-refractivity contribution is -0.115. The number of carboxylic acids is 1. The first kappa shape index (κ1) is 13.1. The number of likely N-dealkylation sites (N-methyl/N-ethyl adjacent to an activating group) is 1. The highest BCUT2D eigenvalue weighted by molar-refractivity contribution is 5.93. The molecule has 92 valence electrons. The second kappa shape index (κ2) is 5.95. The van der Waals surface area contributed by atoms with Gasteiger partial charge in [-0.1, -0.05) is 6.92 Å². The molecule has 0 unspecified atom stereocenters. The molecular weight excluding hydrogens is 227 g/mol. The van der Waals surface area contributed by atoms with Crippen LogP contribution < -0.4 is 10.6 Å². The van der Waals surface area contributed by atoms with Crippen molar-refractivity contribution in [2.45, 2.75) is 6.92 Å². The van der Waals surface area contributed by atoms with Gasteiger partial charge in [0.1, 0.15) is 5.82 Å². The number of anilines is 1. The number of benzene rings is 1. The lowest BCUT2D eigenvalue weighted by atomic mass is 10.2. The van der Waals surface area contributed by atoms with Crippen LogP contribution in [0.2, 0.25) is 0 Å². The van der Waals surface area contributed by atoms with Gasteiger partial charge >= 0.3 is 5.97 Å². The van der Waals surface area contributed by atoms with E-state index >= 15 is 0 Å². The van der Waals surface area contributed by atoms with Crippen LogP contribution in [0.5, 0.6) is 0 Å². The number of aromatic carboxylic acids is 1. The van der Waals surface area contributed by atoms with Gasteiger partial charge in [-0.3, -0.25) is 4.79 Å². The summed E-state index contributed by atoms with van der Waals surface area (Å²) in [6.45, 7) is 2.63. The SMILES string of the molecule is CCNCC(=O)Nc1ccc(C(=O)O)c(F)c1. The van der Waals surface area contributed by atoms with E-state index in [-0.39, 0.29) is 18.1 Å². The Kier molecular flexibility index (Phi) is 4.59. The summed E-state index contributed by atoms with van der Waals surface area (Å²) >= 11 is 0. The largest absolute Gasteiger partial charge is 0.478 e. The van der Waals surface area contributed by atoms with Crippen molar-refractivity contribution in [3.05, 3.63) is 29.6 Å². The maximum atomic E-state index is 13.3. The van der Waals surface area contributed by atoms with Gasteiger partial charge in [0.05, 0.1) is 12.1 Å². The van der Waals surface area contributed by atoms with Crippen molar-refractivity contribution in [2.75, 3.05) is 18.4 Å². The number of rotatable bonds is 5. The van der Waals surface area contributed by atoms with Crippen molar-refractivity contribution in [1.29, 1.82) is 0 Å². The van der Waals surface area contributed by atoms with Gasteiger partial charge in [-0.15, -0.1) is 0 Å². The van der Waals surface area contributed by atoms with Crippen LogP contribution in [-0.4, -0.2) is 30.1 Å². The fourth-order valence-electron chi connectivity index (χ4n) is 1.21. The second-order valence-corrected chi connectivity index (χ2v) is 3.33. The molecule has 3 N–H and O–H groups in total. The van der Waals surface area contributed by atoms with Crippen molar-refractivity contribution >= 4 is 17.6 Å². The summed E-state index contributed by atoms with van der Waals surface area (Å²) < 4.78 is 13.3. The number of hydrogen-bond acceptors (Lipinski definition) is 3. The first-order chi connectivity index (χ1) is 8.04. The Hall–Kier alpha value is -1.95. The summed E-state index contributed by atoms with van der Waals surface area (Å²) in [6.07, 6.45) is 0. The Balaban J connectivity index is 2.70. The van der Waals surface area contributed by atoms with Crippen LogP contribution in [0.4, 0.5) is 10.1 Å². The fourth-order valence-corrected chi connectivity index (χ4v) is 1.21. The maximum absolute atomic E-state index is 13.3. The van der Waals surface area contributed by atoms with Crippen LogP contribution in [0.3, 0.4) is 0 Å². The molecule has 1 aromatic rings. The summed E-state index contributed by atoms with van der Waals surface area (Å²) in [7, 11) is 0. The first-order valence-electron chi connectivity index (χ1n) is 5.08. The number of carbonyl (C=O) groups excluding carboxylic acids is 1. The Morgan fingerprint density at radius 3 is 2.65 bits per heavy atom. The summed E-state index contributed by atoms with van der Waals surface area (Å²) in [5, 5.41) is 13.9. The lowest BCUT2D eigenvalue weighted by Crippen LogP contribution is -2.27. The van der Waals surface area contributed by atoms with Crippen LogP contribution >= 0.6 is 0 Å². The summed E-state index contributed by atoms with van der Waals surface area (Å²) in [4.78, 5) is 21.8. The Morgan fingerprint density at radius 1 is 1.41 bits per heavy atom. The van der Waals surface area contributed by atoms with E-state index < -0.39 is 17.3 Å². The molecule has 0 atom stereocenters. The van der Waals surface area contributed by atoms with Crippen LogP contribution in [0.25, 0.3) is 0 Å². The Labute approximate surface area is 97.6 Å². The van der Waals surface area contributed by atoms with Gasteiger partial charge in [-0.2, -0.15) is 0 Å². The molecule has 0 spiro atoms.